The molecular weight excluding hydrogens is 403 g/mol. The van der Waals surface area contributed by atoms with Crippen molar-refractivity contribution in [2.45, 2.75) is 18.5 Å². The van der Waals surface area contributed by atoms with Crippen molar-refractivity contribution in [2.24, 2.45) is 11.3 Å². The summed E-state index contributed by atoms with van der Waals surface area (Å²) in [6.07, 6.45) is -4.56. The van der Waals surface area contributed by atoms with Crippen LogP contribution in [0.25, 0.3) is 0 Å². The number of piperidine rings is 1. The first-order valence-corrected chi connectivity index (χ1v) is 9.90. The molecule has 156 valence electrons. The molecule has 0 aromatic heterocycles. The second-order valence-corrected chi connectivity index (χ2v) is 8.20. The van der Waals surface area contributed by atoms with E-state index in [1.807, 2.05) is 60.7 Å². The lowest BCUT2D eigenvalue weighted by molar-refractivity contribution is -0.137. The summed E-state index contributed by atoms with van der Waals surface area (Å²) in [5, 5.41) is 0. The second-order valence-electron chi connectivity index (χ2n) is 8.20. The topological polar surface area (TPSA) is 37.4 Å². The third kappa shape index (κ3) is 2.42. The van der Waals surface area contributed by atoms with Crippen LogP contribution < -0.4 is 4.90 Å². The lowest BCUT2D eigenvalue weighted by atomic mass is 9.79. The Hall–Kier alpha value is -3.41. The van der Waals surface area contributed by atoms with Crippen molar-refractivity contribution < 1.29 is 22.8 Å². The molecule has 2 atom stereocenters. The molecule has 5 rings (SSSR count). The van der Waals surface area contributed by atoms with Gasteiger partial charge in [-0.25, -0.2) is 4.90 Å². The molecule has 31 heavy (non-hydrogen) atoms. The average Bonchev–Trinajstić information content (AvgIpc) is 3.29. The first-order chi connectivity index (χ1) is 14.7. The number of hydrogen-bond donors (Lipinski definition) is 0. The molecule has 1 aliphatic heterocycles. The van der Waals surface area contributed by atoms with Crippen molar-refractivity contribution in [3.63, 3.8) is 0 Å². The van der Waals surface area contributed by atoms with E-state index in [4.69, 9.17) is 0 Å². The van der Waals surface area contributed by atoms with E-state index in [2.05, 4.69) is 0 Å². The maximum atomic E-state index is 13.6. The van der Waals surface area contributed by atoms with Gasteiger partial charge in [-0.1, -0.05) is 66.7 Å². The van der Waals surface area contributed by atoms with Crippen molar-refractivity contribution in [1.82, 2.24) is 0 Å². The van der Waals surface area contributed by atoms with Gasteiger partial charge in [-0.05, 0) is 36.2 Å². The highest BCUT2D eigenvalue weighted by Crippen LogP contribution is 2.76. The lowest BCUT2D eigenvalue weighted by Gasteiger charge is -2.29. The Morgan fingerprint density at radius 3 is 1.81 bits per heavy atom. The fourth-order valence-electron chi connectivity index (χ4n) is 5.37. The molecule has 0 spiro atoms. The van der Waals surface area contributed by atoms with Gasteiger partial charge in [0, 0.05) is 5.41 Å². The number of alkyl halides is 3. The predicted octanol–water partition coefficient (Wildman–Crippen LogP) is 5.20. The predicted molar refractivity (Wildman–Crippen MR) is 109 cm³/mol. The molecule has 1 saturated heterocycles. The van der Waals surface area contributed by atoms with Gasteiger partial charge < -0.3 is 0 Å². The molecule has 0 bridgehead atoms. The van der Waals surface area contributed by atoms with Gasteiger partial charge in [0.15, 0.2) is 0 Å². The van der Waals surface area contributed by atoms with Crippen LogP contribution in [-0.2, 0) is 21.2 Å². The van der Waals surface area contributed by atoms with Gasteiger partial charge in [-0.2, -0.15) is 13.2 Å². The van der Waals surface area contributed by atoms with Gasteiger partial charge >= 0.3 is 6.18 Å². The molecule has 3 aromatic carbocycles. The number of amides is 2. The van der Waals surface area contributed by atoms with E-state index in [9.17, 15) is 22.8 Å². The Morgan fingerprint density at radius 1 is 0.806 bits per heavy atom. The molecule has 0 N–H and O–H groups in total. The van der Waals surface area contributed by atoms with Gasteiger partial charge in [0.1, 0.15) is 0 Å². The Morgan fingerprint density at radius 2 is 1.35 bits per heavy atom. The summed E-state index contributed by atoms with van der Waals surface area (Å²) in [5.41, 5.74) is -1.18. The highest BCUT2D eigenvalue weighted by molar-refractivity contribution is 6.29. The Labute approximate surface area is 177 Å². The molecule has 1 saturated carbocycles. The summed E-state index contributed by atoms with van der Waals surface area (Å²) in [5.74, 6) is -1.64. The molecule has 2 fully saturated rings. The maximum Gasteiger partial charge on any atom is 0.416 e. The second kappa shape index (κ2) is 6.30. The molecule has 0 unspecified atom stereocenters. The third-order valence-corrected chi connectivity index (χ3v) is 6.75. The number of anilines is 1. The summed E-state index contributed by atoms with van der Waals surface area (Å²) in [7, 11) is 0. The number of nitrogens with zero attached hydrogens (tertiary/aromatic N) is 1. The van der Waals surface area contributed by atoms with E-state index in [1.165, 1.54) is 12.1 Å². The van der Waals surface area contributed by atoms with Gasteiger partial charge in [0.05, 0.1) is 22.6 Å². The Balaban J connectivity index is 1.64. The molecule has 2 aliphatic rings. The van der Waals surface area contributed by atoms with Crippen molar-refractivity contribution in [3.8, 4) is 0 Å². The number of hydrogen-bond acceptors (Lipinski definition) is 2. The van der Waals surface area contributed by atoms with Crippen LogP contribution in [0, 0.1) is 11.3 Å². The molecule has 2 amide bonds. The first kappa shape index (κ1) is 19.5. The summed E-state index contributed by atoms with van der Waals surface area (Å²) < 4.78 is 39.6. The summed E-state index contributed by atoms with van der Waals surface area (Å²) in [6.45, 7) is 1.74. The van der Waals surface area contributed by atoms with Crippen LogP contribution in [-0.4, -0.2) is 11.8 Å². The first-order valence-electron chi connectivity index (χ1n) is 9.90. The van der Waals surface area contributed by atoms with Crippen LogP contribution in [0.4, 0.5) is 18.9 Å². The number of benzene rings is 3. The Kier molecular flexibility index (Phi) is 3.97. The normalized spacial score (nSPS) is 24.3. The number of carbonyl (C=O) groups excluding carboxylic acids is 2. The van der Waals surface area contributed by atoms with E-state index >= 15 is 0 Å². The minimum absolute atomic E-state index is 0.0479. The van der Waals surface area contributed by atoms with Gasteiger partial charge in [0.25, 0.3) is 0 Å². The maximum absolute atomic E-state index is 13.6. The van der Waals surface area contributed by atoms with E-state index < -0.39 is 40.3 Å². The van der Waals surface area contributed by atoms with Crippen LogP contribution >= 0.6 is 0 Å². The fourth-order valence-corrected chi connectivity index (χ4v) is 5.37. The summed E-state index contributed by atoms with van der Waals surface area (Å²) >= 11 is 0. The van der Waals surface area contributed by atoms with E-state index in [0.717, 1.165) is 28.2 Å². The van der Waals surface area contributed by atoms with E-state index in [0.29, 0.717) is 0 Å². The minimum atomic E-state index is -4.56. The highest BCUT2D eigenvalue weighted by atomic mass is 19.4. The zero-order valence-electron chi connectivity index (χ0n) is 16.6. The summed E-state index contributed by atoms with van der Waals surface area (Å²) in [4.78, 5) is 28.1. The molecule has 3 nitrogen and oxygen atoms in total. The number of rotatable bonds is 3. The third-order valence-electron chi connectivity index (χ3n) is 6.75. The molecule has 3 aromatic rings. The van der Waals surface area contributed by atoms with Crippen LogP contribution in [0.5, 0.6) is 0 Å². The van der Waals surface area contributed by atoms with E-state index in [-0.39, 0.29) is 5.69 Å². The minimum Gasteiger partial charge on any atom is -0.274 e. The highest BCUT2D eigenvalue weighted by Gasteiger charge is 2.86. The van der Waals surface area contributed by atoms with Crippen LogP contribution in [0.15, 0.2) is 84.9 Å². The molecule has 6 heteroatoms. The van der Waals surface area contributed by atoms with Crippen LogP contribution in [0.2, 0.25) is 0 Å². The van der Waals surface area contributed by atoms with Gasteiger partial charge in [-0.15, -0.1) is 0 Å². The largest absolute Gasteiger partial charge is 0.416 e. The smallest absolute Gasteiger partial charge is 0.274 e. The molecule has 1 heterocycles. The van der Waals surface area contributed by atoms with Crippen molar-refractivity contribution in [3.05, 3.63) is 102 Å². The Bertz CT molecular complexity index is 1150. The van der Waals surface area contributed by atoms with Gasteiger partial charge in [0.2, 0.25) is 11.8 Å². The number of carbonyl (C=O) groups is 2. The fraction of sp³-hybridized carbons (Fsp3) is 0.200. The molecule has 0 radical (unpaired) electrons. The zero-order valence-corrected chi connectivity index (χ0v) is 16.6. The van der Waals surface area contributed by atoms with E-state index in [1.54, 1.807) is 6.92 Å². The quantitative estimate of drug-likeness (QED) is 0.545. The van der Waals surface area contributed by atoms with Crippen molar-refractivity contribution in [2.75, 3.05) is 4.90 Å². The van der Waals surface area contributed by atoms with Crippen molar-refractivity contribution in [1.29, 1.82) is 0 Å². The summed E-state index contributed by atoms with van der Waals surface area (Å²) in [6, 6.07) is 23.1. The number of fused-ring (bicyclic) bond motifs is 1. The SMILES string of the molecule is C[C@@]12C(=O)N(c3cccc(C(F)(F)F)c3)C(=O)[C@H]1C2(c1ccccc1)c1ccccc1. The average molecular weight is 421 g/mol. The van der Waals surface area contributed by atoms with Gasteiger partial charge in [-0.3, -0.25) is 9.59 Å². The van der Waals surface area contributed by atoms with Crippen LogP contribution in [0.1, 0.15) is 23.6 Å². The molecular formula is C25H18F3NO2. The molecule has 1 aliphatic carbocycles. The van der Waals surface area contributed by atoms with Crippen LogP contribution in [0.3, 0.4) is 0 Å². The monoisotopic (exact) mass is 421 g/mol. The number of imide groups is 1. The lowest BCUT2D eigenvalue weighted by Crippen LogP contribution is -2.42. The standard InChI is InChI=1S/C25H18F3NO2/c1-23-20(24(23,16-9-4-2-5-10-16)17-11-6-3-7-12-17)21(30)29(22(23)31)19-14-8-13-18(15-19)25(26,27)28/h2-15,20H,1H3/t20-,23+/m1/s1. The zero-order chi connectivity index (χ0) is 22.0. The number of halogens is 3. The van der Waals surface area contributed by atoms with Crippen molar-refractivity contribution >= 4 is 17.5 Å².